The molecule has 0 fully saturated rings. The first-order valence-corrected chi connectivity index (χ1v) is 14.6. The van der Waals surface area contributed by atoms with Crippen molar-refractivity contribution in [3.8, 4) is 17.6 Å². The van der Waals surface area contributed by atoms with Crippen molar-refractivity contribution < 1.29 is 13.5 Å². The number of nitrogens with zero attached hydrogens (tertiary/aromatic N) is 4. The second-order valence-corrected chi connectivity index (χ2v) is 11.9. The quantitative estimate of drug-likeness (QED) is 0.331. The van der Waals surface area contributed by atoms with Crippen LogP contribution in [-0.2, 0) is 22.9 Å². The van der Waals surface area contributed by atoms with E-state index >= 15 is 0 Å². The van der Waals surface area contributed by atoms with Crippen molar-refractivity contribution in [3.05, 3.63) is 80.5 Å². The summed E-state index contributed by atoms with van der Waals surface area (Å²) >= 11 is 1.48. The summed E-state index contributed by atoms with van der Waals surface area (Å²) in [6, 6.07) is 15.1. The van der Waals surface area contributed by atoms with Gasteiger partial charge in [0, 0.05) is 35.0 Å². The standard InChI is InChI=1S/C28H26N4O4S2/c1-3-31(4-2)38(35,36)19-10-7-9-18(15-19)32-27(33)22-12-6-5-11-20(22)24(28(32)34)17-30-26-23(16-29)21-13-8-14-25(21)37-26/h5-7,9-12,15,17,34H,3-4,8,13-14H2,1-2H3. The minimum absolute atomic E-state index is 0.0279. The molecule has 2 aromatic carbocycles. The molecule has 0 amide bonds. The van der Waals surface area contributed by atoms with E-state index in [0.717, 1.165) is 29.4 Å². The monoisotopic (exact) mass is 546 g/mol. The van der Waals surface area contributed by atoms with Crippen molar-refractivity contribution in [2.45, 2.75) is 38.0 Å². The summed E-state index contributed by atoms with van der Waals surface area (Å²) in [5, 5.41) is 22.5. The van der Waals surface area contributed by atoms with Gasteiger partial charge in [-0.05, 0) is 49.1 Å². The predicted molar refractivity (Wildman–Crippen MR) is 150 cm³/mol. The van der Waals surface area contributed by atoms with Gasteiger partial charge in [-0.15, -0.1) is 11.3 Å². The summed E-state index contributed by atoms with van der Waals surface area (Å²) in [5.41, 5.74) is 1.64. The van der Waals surface area contributed by atoms with Crippen molar-refractivity contribution in [2.75, 3.05) is 13.1 Å². The number of aryl methyl sites for hydroxylation is 1. The minimum atomic E-state index is -3.78. The molecule has 2 heterocycles. The van der Waals surface area contributed by atoms with Gasteiger partial charge in [0.15, 0.2) is 0 Å². The van der Waals surface area contributed by atoms with E-state index in [1.165, 1.54) is 38.9 Å². The lowest BCUT2D eigenvalue weighted by Crippen LogP contribution is -2.30. The van der Waals surface area contributed by atoms with Crippen LogP contribution < -0.4 is 5.56 Å². The van der Waals surface area contributed by atoms with E-state index in [1.54, 1.807) is 50.2 Å². The largest absolute Gasteiger partial charge is 0.494 e. The molecule has 2 aromatic heterocycles. The van der Waals surface area contributed by atoms with Crippen LogP contribution in [0.3, 0.4) is 0 Å². The van der Waals surface area contributed by atoms with Gasteiger partial charge in [0.25, 0.3) is 5.56 Å². The van der Waals surface area contributed by atoms with E-state index in [1.807, 2.05) is 0 Å². The summed E-state index contributed by atoms with van der Waals surface area (Å²) in [6.07, 6.45) is 4.29. The van der Waals surface area contributed by atoms with Crippen molar-refractivity contribution in [3.63, 3.8) is 0 Å². The van der Waals surface area contributed by atoms with Crippen LogP contribution in [0.4, 0.5) is 5.00 Å². The Bertz CT molecular complexity index is 1790. The Morgan fingerprint density at radius 1 is 1.13 bits per heavy atom. The lowest BCUT2D eigenvalue weighted by Gasteiger charge is -2.19. The molecular weight excluding hydrogens is 520 g/mol. The Balaban J connectivity index is 1.70. The number of nitriles is 1. The third-order valence-electron chi connectivity index (χ3n) is 6.85. The van der Waals surface area contributed by atoms with Crippen molar-refractivity contribution >= 4 is 43.3 Å². The molecule has 0 aliphatic heterocycles. The average molecular weight is 547 g/mol. The molecule has 10 heteroatoms. The molecule has 1 N–H and O–H groups in total. The number of aliphatic imine (C=N–C) groups is 1. The summed E-state index contributed by atoms with van der Waals surface area (Å²) in [4.78, 5) is 19.3. The highest BCUT2D eigenvalue weighted by Gasteiger charge is 2.24. The van der Waals surface area contributed by atoms with Gasteiger partial charge >= 0.3 is 0 Å². The Morgan fingerprint density at radius 3 is 2.58 bits per heavy atom. The second kappa shape index (κ2) is 10.2. The van der Waals surface area contributed by atoms with Crippen LogP contribution in [0, 0.1) is 11.3 Å². The van der Waals surface area contributed by atoms with Gasteiger partial charge < -0.3 is 5.11 Å². The zero-order chi connectivity index (χ0) is 27.0. The number of aromatic nitrogens is 1. The van der Waals surface area contributed by atoms with E-state index in [2.05, 4.69) is 11.1 Å². The number of sulfonamides is 1. The summed E-state index contributed by atoms with van der Waals surface area (Å²) in [6.45, 7) is 4.13. The Morgan fingerprint density at radius 2 is 1.87 bits per heavy atom. The number of hydrogen-bond donors (Lipinski definition) is 1. The molecule has 0 saturated heterocycles. The first kappa shape index (κ1) is 25.9. The van der Waals surface area contributed by atoms with Gasteiger partial charge in [-0.1, -0.05) is 38.1 Å². The van der Waals surface area contributed by atoms with Crippen LogP contribution in [0.15, 0.2) is 63.2 Å². The SMILES string of the molecule is CCN(CC)S(=O)(=O)c1cccc(-n2c(O)c(C=Nc3sc4c(c3C#N)CCC4)c3ccccc3c2=O)c1. The maximum absolute atomic E-state index is 13.5. The number of rotatable bonds is 7. The number of benzene rings is 2. The highest BCUT2D eigenvalue weighted by molar-refractivity contribution is 7.89. The number of pyridine rings is 1. The number of fused-ring (bicyclic) bond motifs is 2. The van der Waals surface area contributed by atoms with Crippen molar-refractivity contribution in [1.82, 2.24) is 8.87 Å². The van der Waals surface area contributed by atoms with Gasteiger partial charge in [0.05, 0.1) is 21.7 Å². The third-order valence-corrected chi connectivity index (χ3v) is 10.1. The van der Waals surface area contributed by atoms with E-state index in [9.17, 15) is 23.6 Å². The molecule has 0 spiro atoms. The molecule has 194 valence electrons. The first-order valence-electron chi connectivity index (χ1n) is 12.4. The van der Waals surface area contributed by atoms with Crippen molar-refractivity contribution in [2.24, 2.45) is 4.99 Å². The summed E-state index contributed by atoms with van der Waals surface area (Å²) < 4.78 is 28.7. The van der Waals surface area contributed by atoms with Crippen LogP contribution >= 0.6 is 11.3 Å². The number of hydrogen-bond acceptors (Lipinski definition) is 7. The smallest absolute Gasteiger partial charge is 0.265 e. The molecular formula is C28H26N4O4S2. The molecule has 0 bridgehead atoms. The average Bonchev–Trinajstić information content (AvgIpc) is 3.50. The molecule has 5 rings (SSSR count). The number of thiophene rings is 1. The van der Waals surface area contributed by atoms with Gasteiger partial charge in [0.1, 0.15) is 11.1 Å². The van der Waals surface area contributed by atoms with Crippen LogP contribution in [0.2, 0.25) is 0 Å². The maximum Gasteiger partial charge on any atom is 0.265 e. The van der Waals surface area contributed by atoms with E-state index < -0.39 is 15.6 Å². The normalized spacial score (nSPS) is 13.4. The van der Waals surface area contributed by atoms with Crippen LogP contribution in [-0.4, -0.2) is 41.7 Å². The molecule has 0 unspecified atom stereocenters. The lowest BCUT2D eigenvalue weighted by molar-refractivity contribution is 0.435. The molecule has 4 aromatic rings. The highest BCUT2D eigenvalue weighted by Crippen LogP contribution is 2.40. The molecule has 1 aliphatic rings. The van der Waals surface area contributed by atoms with Gasteiger partial charge in [-0.3, -0.25) is 4.79 Å². The Hall–Kier alpha value is -3.78. The molecule has 38 heavy (non-hydrogen) atoms. The van der Waals surface area contributed by atoms with Crippen LogP contribution in [0.1, 0.15) is 41.8 Å². The topological polar surface area (TPSA) is 116 Å². The predicted octanol–water partition coefficient (Wildman–Crippen LogP) is 4.90. The summed E-state index contributed by atoms with van der Waals surface area (Å²) in [5.74, 6) is -0.363. The fraction of sp³-hybridized carbons (Fsp3) is 0.250. The minimum Gasteiger partial charge on any atom is -0.494 e. The summed E-state index contributed by atoms with van der Waals surface area (Å²) in [7, 11) is -3.78. The zero-order valence-electron chi connectivity index (χ0n) is 21.0. The van der Waals surface area contributed by atoms with E-state index in [0.29, 0.717) is 40.0 Å². The van der Waals surface area contributed by atoms with E-state index in [-0.39, 0.29) is 16.5 Å². The van der Waals surface area contributed by atoms with Gasteiger partial charge in [0.2, 0.25) is 15.9 Å². The number of aromatic hydroxyl groups is 1. The Labute approximate surface area is 224 Å². The zero-order valence-corrected chi connectivity index (χ0v) is 22.6. The molecule has 8 nitrogen and oxygen atoms in total. The third kappa shape index (κ3) is 4.22. The van der Waals surface area contributed by atoms with Gasteiger partial charge in [-0.25, -0.2) is 18.0 Å². The molecule has 0 saturated carbocycles. The maximum atomic E-state index is 13.5. The second-order valence-electron chi connectivity index (χ2n) is 8.92. The molecule has 1 aliphatic carbocycles. The van der Waals surface area contributed by atoms with Crippen molar-refractivity contribution in [1.29, 1.82) is 5.26 Å². The lowest BCUT2D eigenvalue weighted by atomic mass is 10.1. The fourth-order valence-corrected chi connectivity index (χ4v) is 7.63. The Kier molecular flexibility index (Phi) is 6.92. The van der Waals surface area contributed by atoms with Crippen LogP contribution in [0.5, 0.6) is 5.88 Å². The molecule has 0 atom stereocenters. The molecule has 0 radical (unpaired) electrons. The highest BCUT2D eigenvalue weighted by atomic mass is 32.2. The first-order chi connectivity index (χ1) is 18.3. The fourth-order valence-electron chi connectivity index (χ4n) is 4.94. The van der Waals surface area contributed by atoms with Gasteiger partial charge in [-0.2, -0.15) is 9.57 Å². The van der Waals surface area contributed by atoms with E-state index in [4.69, 9.17) is 0 Å². The van der Waals surface area contributed by atoms with Crippen LogP contribution in [0.25, 0.3) is 16.5 Å².